The van der Waals surface area contributed by atoms with Crippen LogP contribution < -0.4 is 10.1 Å². The van der Waals surface area contributed by atoms with Gasteiger partial charge in [-0.05, 0) is 20.4 Å². The summed E-state index contributed by atoms with van der Waals surface area (Å²) in [6.45, 7) is 10.7. The lowest BCUT2D eigenvalue weighted by atomic mass is 10.2. The summed E-state index contributed by atoms with van der Waals surface area (Å²) < 4.78 is 11.3. The quantitative estimate of drug-likeness (QED) is 0.850. The standard InChI is InChI=1S/C14H24N4O2/c1-4-18-7-8-19-12(10-18)9-16-14-15-6-5-13(17-14)20-11(2)3/h5-6,11-12H,4,7-10H2,1-3H3,(H,15,16,17). The largest absolute Gasteiger partial charge is 0.475 e. The number of morpholine rings is 1. The Morgan fingerprint density at radius 2 is 2.40 bits per heavy atom. The fraction of sp³-hybridized carbons (Fsp3) is 0.714. The van der Waals surface area contributed by atoms with Crippen LogP contribution in [0.3, 0.4) is 0 Å². The van der Waals surface area contributed by atoms with Crippen molar-refractivity contribution in [3.8, 4) is 5.88 Å². The molecule has 0 aromatic carbocycles. The lowest BCUT2D eigenvalue weighted by Crippen LogP contribution is -2.45. The van der Waals surface area contributed by atoms with Crippen LogP contribution in [0, 0.1) is 0 Å². The van der Waals surface area contributed by atoms with Crippen molar-refractivity contribution in [3.63, 3.8) is 0 Å². The Balaban J connectivity index is 1.84. The van der Waals surface area contributed by atoms with Crippen LogP contribution in [-0.4, -0.2) is 59.9 Å². The van der Waals surface area contributed by atoms with Crippen molar-refractivity contribution in [2.24, 2.45) is 0 Å². The molecular formula is C14H24N4O2. The second kappa shape index (κ2) is 7.40. The van der Waals surface area contributed by atoms with Gasteiger partial charge in [0.2, 0.25) is 11.8 Å². The highest BCUT2D eigenvalue weighted by Gasteiger charge is 2.19. The van der Waals surface area contributed by atoms with Gasteiger partial charge in [-0.3, -0.25) is 4.90 Å². The molecule has 0 bridgehead atoms. The summed E-state index contributed by atoms with van der Waals surface area (Å²) in [6, 6.07) is 1.76. The molecule has 112 valence electrons. The number of hydrogen-bond acceptors (Lipinski definition) is 6. The molecule has 1 aliphatic rings. The van der Waals surface area contributed by atoms with E-state index < -0.39 is 0 Å². The van der Waals surface area contributed by atoms with Gasteiger partial charge < -0.3 is 14.8 Å². The molecule has 0 amide bonds. The van der Waals surface area contributed by atoms with Crippen LogP contribution in [0.5, 0.6) is 5.88 Å². The van der Waals surface area contributed by atoms with E-state index in [0.717, 1.165) is 26.2 Å². The highest BCUT2D eigenvalue weighted by Crippen LogP contribution is 2.11. The molecule has 2 heterocycles. The van der Waals surface area contributed by atoms with Gasteiger partial charge >= 0.3 is 0 Å². The van der Waals surface area contributed by atoms with Crippen LogP contribution in [-0.2, 0) is 4.74 Å². The Bertz CT molecular complexity index is 414. The molecule has 2 rings (SSSR count). The first-order valence-electron chi connectivity index (χ1n) is 7.25. The van der Waals surface area contributed by atoms with E-state index in [9.17, 15) is 0 Å². The molecule has 0 radical (unpaired) electrons. The number of ether oxygens (including phenoxy) is 2. The average Bonchev–Trinajstić information content (AvgIpc) is 2.45. The first-order chi connectivity index (χ1) is 9.67. The van der Waals surface area contributed by atoms with E-state index in [1.165, 1.54) is 0 Å². The second-order valence-corrected chi connectivity index (χ2v) is 5.15. The Hall–Kier alpha value is -1.40. The Kier molecular flexibility index (Phi) is 5.55. The summed E-state index contributed by atoms with van der Waals surface area (Å²) in [5.74, 6) is 1.18. The lowest BCUT2D eigenvalue weighted by molar-refractivity contribution is -0.0192. The molecule has 20 heavy (non-hydrogen) atoms. The summed E-state index contributed by atoms with van der Waals surface area (Å²) in [7, 11) is 0. The monoisotopic (exact) mass is 280 g/mol. The van der Waals surface area contributed by atoms with E-state index in [4.69, 9.17) is 9.47 Å². The third-order valence-corrected chi connectivity index (χ3v) is 3.14. The van der Waals surface area contributed by atoms with Gasteiger partial charge in [0.05, 0.1) is 18.8 Å². The van der Waals surface area contributed by atoms with Crippen molar-refractivity contribution in [2.45, 2.75) is 33.0 Å². The molecule has 1 aromatic rings. The number of likely N-dealkylation sites (N-methyl/N-ethyl adjacent to an activating group) is 1. The van der Waals surface area contributed by atoms with Gasteiger partial charge in [0, 0.05) is 31.9 Å². The highest BCUT2D eigenvalue weighted by molar-refractivity contribution is 5.27. The molecule has 0 saturated carbocycles. The number of aromatic nitrogens is 2. The summed E-state index contributed by atoms with van der Waals surface area (Å²) in [5, 5.41) is 3.22. The molecule has 1 aromatic heterocycles. The van der Waals surface area contributed by atoms with Gasteiger partial charge in [0.1, 0.15) is 0 Å². The summed E-state index contributed by atoms with van der Waals surface area (Å²) in [6.07, 6.45) is 1.99. The van der Waals surface area contributed by atoms with Gasteiger partial charge in [0.25, 0.3) is 0 Å². The summed E-state index contributed by atoms with van der Waals surface area (Å²) in [5.41, 5.74) is 0. The van der Waals surface area contributed by atoms with Crippen LogP contribution >= 0.6 is 0 Å². The number of nitrogens with one attached hydrogen (secondary N) is 1. The predicted molar refractivity (Wildman–Crippen MR) is 78.1 cm³/mol. The number of anilines is 1. The van der Waals surface area contributed by atoms with E-state index in [-0.39, 0.29) is 12.2 Å². The summed E-state index contributed by atoms with van der Waals surface area (Å²) in [4.78, 5) is 10.9. The van der Waals surface area contributed by atoms with Crippen LogP contribution in [0.1, 0.15) is 20.8 Å². The van der Waals surface area contributed by atoms with Gasteiger partial charge in [0.15, 0.2) is 0 Å². The van der Waals surface area contributed by atoms with E-state index >= 15 is 0 Å². The highest BCUT2D eigenvalue weighted by atomic mass is 16.5. The van der Waals surface area contributed by atoms with E-state index in [2.05, 4.69) is 27.1 Å². The number of rotatable bonds is 6. The smallest absolute Gasteiger partial charge is 0.226 e. The summed E-state index contributed by atoms with van der Waals surface area (Å²) >= 11 is 0. The van der Waals surface area contributed by atoms with Crippen molar-refractivity contribution < 1.29 is 9.47 Å². The molecule has 1 fully saturated rings. The van der Waals surface area contributed by atoms with Crippen molar-refractivity contribution in [3.05, 3.63) is 12.3 Å². The van der Waals surface area contributed by atoms with Crippen LogP contribution in [0.4, 0.5) is 5.95 Å². The molecule has 6 heteroatoms. The first kappa shape index (κ1) is 15.0. The molecule has 0 aliphatic carbocycles. The normalized spacial score (nSPS) is 20.1. The minimum Gasteiger partial charge on any atom is -0.475 e. The van der Waals surface area contributed by atoms with Crippen molar-refractivity contribution in [1.29, 1.82) is 0 Å². The second-order valence-electron chi connectivity index (χ2n) is 5.15. The molecule has 0 spiro atoms. The maximum absolute atomic E-state index is 5.74. The van der Waals surface area contributed by atoms with Gasteiger partial charge in [-0.15, -0.1) is 0 Å². The van der Waals surface area contributed by atoms with Gasteiger partial charge in [-0.25, -0.2) is 4.98 Å². The van der Waals surface area contributed by atoms with Crippen molar-refractivity contribution >= 4 is 5.95 Å². The van der Waals surface area contributed by atoms with Crippen LogP contribution in [0.2, 0.25) is 0 Å². The third kappa shape index (κ3) is 4.61. The fourth-order valence-corrected chi connectivity index (χ4v) is 2.13. The zero-order chi connectivity index (χ0) is 14.4. The minimum atomic E-state index is 0.109. The van der Waals surface area contributed by atoms with Crippen LogP contribution in [0.15, 0.2) is 12.3 Å². The zero-order valence-corrected chi connectivity index (χ0v) is 12.5. The minimum absolute atomic E-state index is 0.109. The fourth-order valence-electron chi connectivity index (χ4n) is 2.13. The Morgan fingerprint density at radius 3 is 3.15 bits per heavy atom. The topological polar surface area (TPSA) is 59.5 Å². The molecule has 1 saturated heterocycles. The first-order valence-corrected chi connectivity index (χ1v) is 7.25. The predicted octanol–water partition coefficient (Wildman–Crippen LogP) is 1.40. The molecule has 1 unspecified atom stereocenters. The molecule has 1 atom stereocenters. The SMILES string of the molecule is CCN1CCOC(CNc2nccc(OC(C)C)n2)C1. The van der Waals surface area contributed by atoms with E-state index in [1.54, 1.807) is 12.3 Å². The third-order valence-electron chi connectivity index (χ3n) is 3.14. The molecule has 1 N–H and O–H groups in total. The number of hydrogen-bond donors (Lipinski definition) is 1. The maximum Gasteiger partial charge on any atom is 0.226 e. The van der Waals surface area contributed by atoms with Crippen molar-refractivity contribution in [2.75, 3.05) is 38.1 Å². The number of nitrogens with zero attached hydrogens (tertiary/aromatic N) is 3. The maximum atomic E-state index is 5.74. The Morgan fingerprint density at radius 1 is 1.55 bits per heavy atom. The molecule has 6 nitrogen and oxygen atoms in total. The molecular weight excluding hydrogens is 256 g/mol. The van der Waals surface area contributed by atoms with E-state index in [1.807, 2.05) is 13.8 Å². The van der Waals surface area contributed by atoms with E-state index in [0.29, 0.717) is 18.4 Å². The van der Waals surface area contributed by atoms with Gasteiger partial charge in [-0.2, -0.15) is 4.98 Å². The van der Waals surface area contributed by atoms with Crippen molar-refractivity contribution in [1.82, 2.24) is 14.9 Å². The Labute approximate surface area is 120 Å². The average molecular weight is 280 g/mol. The van der Waals surface area contributed by atoms with Crippen LogP contribution in [0.25, 0.3) is 0 Å². The molecule has 1 aliphatic heterocycles. The zero-order valence-electron chi connectivity index (χ0n) is 12.5. The lowest BCUT2D eigenvalue weighted by Gasteiger charge is -2.32. The van der Waals surface area contributed by atoms with Gasteiger partial charge in [-0.1, -0.05) is 6.92 Å².